The van der Waals surface area contributed by atoms with Gasteiger partial charge in [-0.2, -0.15) is 4.98 Å². The Kier molecular flexibility index (Phi) is 8.65. The van der Waals surface area contributed by atoms with Crippen LogP contribution in [0.4, 0.5) is 0 Å². The molecule has 1 aliphatic rings. The molecule has 0 saturated carbocycles. The molecule has 2 heterocycles. The summed E-state index contributed by atoms with van der Waals surface area (Å²) in [5, 5.41) is 7.24. The molecular weight excluding hydrogens is 464 g/mol. The van der Waals surface area contributed by atoms with Gasteiger partial charge in [0.15, 0.2) is 11.5 Å². The van der Waals surface area contributed by atoms with E-state index in [0.717, 1.165) is 31.4 Å². The molecule has 1 fully saturated rings. The summed E-state index contributed by atoms with van der Waals surface area (Å²) < 4.78 is 16.2. The largest absolute Gasteiger partial charge is 0.493 e. The van der Waals surface area contributed by atoms with Crippen LogP contribution in [-0.2, 0) is 17.8 Å². The van der Waals surface area contributed by atoms with Crippen molar-refractivity contribution < 1.29 is 18.8 Å². The van der Waals surface area contributed by atoms with E-state index in [1.165, 1.54) is 10.5 Å². The lowest BCUT2D eigenvalue weighted by Crippen LogP contribution is -2.43. The summed E-state index contributed by atoms with van der Waals surface area (Å²) in [5.74, 6) is 2.37. The predicted molar refractivity (Wildman–Crippen MR) is 136 cm³/mol. The monoisotopic (exact) mass is 496 g/mol. The van der Waals surface area contributed by atoms with E-state index in [1.54, 1.807) is 26.0 Å². The van der Waals surface area contributed by atoms with E-state index in [0.29, 0.717) is 42.8 Å². The van der Waals surface area contributed by atoms with Crippen molar-refractivity contribution >= 4 is 17.7 Å². The van der Waals surface area contributed by atoms with E-state index >= 15 is 0 Å². The second kappa shape index (κ2) is 12.1. The number of rotatable bonds is 10. The number of ether oxygens (including phenoxy) is 2. The highest BCUT2D eigenvalue weighted by atomic mass is 32.2. The van der Waals surface area contributed by atoms with Gasteiger partial charge in [0.25, 0.3) is 0 Å². The summed E-state index contributed by atoms with van der Waals surface area (Å²) in [4.78, 5) is 20.8. The van der Waals surface area contributed by atoms with Crippen LogP contribution in [0.1, 0.15) is 24.3 Å². The Morgan fingerprint density at radius 2 is 1.97 bits per heavy atom. The standard InChI is InChI=1S/C26H32N4O4S/c1-32-22-11-8-19(15-23(22)33-2)25-28-24(34-29-25)17-30-14-4-5-20(16-30)26(31)27-13-12-18-6-9-21(35-3)10-7-18/h6-11,15,20H,4-5,12-14,16-17H2,1-3H3,(H,27,31)/t20-/m0/s1. The highest BCUT2D eigenvalue weighted by Crippen LogP contribution is 2.31. The van der Waals surface area contributed by atoms with Crippen LogP contribution in [0.5, 0.6) is 11.5 Å². The lowest BCUT2D eigenvalue weighted by molar-refractivity contribution is -0.126. The molecule has 1 N–H and O–H groups in total. The van der Waals surface area contributed by atoms with Crippen LogP contribution in [0, 0.1) is 5.92 Å². The molecule has 1 aliphatic heterocycles. The Balaban J connectivity index is 1.28. The Labute approximate surface area is 210 Å². The zero-order valence-electron chi connectivity index (χ0n) is 20.5. The minimum atomic E-state index is -0.0316. The molecule has 9 heteroatoms. The Morgan fingerprint density at radius 3 is 2.71 bits per heavy atom. The van der Waals surface area contributed by atoms with E-state index in [2.05, 4.69) is 50.9 Å². The van der Waals surface area contributed by atoms with Crippen molar-refractivity contribution in [2.75, 3.05) is 40.1 Å². The Bertz CT molecular complexity index is 1120. The average molecular weight is 497 g/mol. The van der Waals surface area contributed by atoms with Gasteiger partial charge in [0.2, 0.25) is 17.6 Å². The van der Waals surface area contributed by atoms with Crippen LogP contribution >= 0.6 is 11.8 Å². The summed E-state index contributed by atoms with van der Waals surface area (Å²) in [6, 6.07) is 14.0. The van der Waals surface area contributed by atoms with E-state index in [4.69, 9.17) is 14.0 Å². The second-order valence-electron chi connectivity index (χ2n) is 8.54. The van der Waals surface area contributed by atoms with Gasteiger partial charge >= 0.3 is 0 Å². The number of benzene rings is 2. The average Bonchev–Trinajstić information content (AvgIpc) is 3.37. The first-order valence-corrected chi connectivity index (χ1v) is 13.0. The lowest BCUT2D eigenvalue weighted by atomic mass is 9.97. The normalized spacial score (nSPS) is 16.1. The molecule has 1 saturated heterocycles. The predicted octanol–water partition coefficient (Wildman–Crippen LogP) is 4.05. The quantitative estimate of drug-likeness (QED) is 0.421. The summed E-state index contributed by atoms with van der Waals surface area (Å²) in [6.07, 6.45) is 4.76. The van der Waals surface area contributed by atoms with E-state index in [9.17, 15) is 4.79 Å². The molecular formula is C26H32N4O4S. The Morgan fingerprint density at radius 1 is 1.17 bits per heavy atom. The van der Waals surface area contributed by atoms with Crippen LogP contribution in [0.3, 0.4) is 0 Å². The first kappa shape index (κ1) is 25.1. The number of piperidine rings is 1. The molecule has 186 valence electrons. The van der Waals surface area contributed by atoms with Gasteiger partial charge in [-0.05, 0) is 68.0 Å². The minimum absolute atomic E-state index is 0.0316. The zero-order valence-corrected chi connectivity index (χ0v) is 21.3. The van der Waals surface area contributed by atoms with Crippen molar-refractivity contribution in [2.24, 2.45) is 5.92 Å². The van der Waals surface area contributed by atoms with Crippen molar-refractivity contribution in [3.8, 4) is 22.9 Å². The number of thioether (sulfide) groups is 1. The molecule has 1 amide bonds. The number of aromatic nitrogens is 2. The molecule has 35 heavy (non-hydrogen) atoms. The molecule has 3 aromatic rings. The summed E-state index contributed by atoms with van der Waals surface area (Å²) >= 11 is 1.73. The zero-order chi connectivity index (χ0) is 24.6. The number of methoxy groups -OCH3 is 2. The van der Waals surface area contributed by atoms with Gasteiger partial charge < -0.3 is 19.3 Å². The molecule has 0 unspecified atom stereocenters. The van der Waals surface area contributed by atoms with Crippen LogP contribution < -0.4 is 14.8 Å². The number of nitrogens with zero attached hydrogens (tertiary/aromatic N) is 3. The molecule has 8 nitrogen and oxygen atoms in total. The highest BCUT2D eigenvalue weighted by molar-refractivity contribution is 7.98. The highest BCUT2D eigenvalue weighted by Gasteiger charge is 2.26. The maximum absolute atomic E-state index is 12.8. The molecule has 0 spiro atoms. The number of amides is 1. The molecule has 0 aliphatic carbocycles. The van der Waals surface area contributed by atoms with E-state index in [1.807, 2.05) is 18.2 Å². The third kappa shape index (κ3) is 6.55. The first-order chi connectivity index (χ1) is 17.1. The van der Waals surface area contributed by atoms with Crippen LogP contribution in [0.15, 0.2) is 51.9 Å². The van der Waals surface area contributed by atoms with Gasteiger partial charge in [-0.25, -0.2) is 0 Å². The summed E-state index contributed by atoms with van der Waals surface area (Å²) in [7, 11) is 3.19. The van der Waals surface area contributed by atoms with Gasteiger partial charge in [-0.15, -0.1) is 11.8 Å². The van der Waals surface area contributed by atoms with Gasteiger partial charge in [0.1, 0.15) is 0 Å². The molecule has 2 aromatic carbocycles. The molecule has 0 bridgehead atoms. The van der Waals surface area contributed by atoms with Crippen molar-refractivity contribution in [2.45, 2.75) is 30.7 Å². The number of hydrogen-bond donors (Lipinski definition) is 1. The maximum Gasteiger partial charge on any atom is 0.241 e. The summed E-state index contributed by atoms with van der Waals surface area (Å²) in [6.45, 7) is 2.75. The number of carbonyl (C=O) groups excluding carboxylic acids is 1. The third-order valence-corrected chi connectivity index (χ3v) is 6.96. The SMILES string of the molecule is COc1ccc(-c2noc(CN3CCC[C@H](C(=O)NCCc4ccc(SC)cc4)C3)n2)cc1OC. The molecule has 1 aromatic heterocycles. The van der Waals surface area contributed by atoms with Crippen LogP contribution in [0.25, 0.3) is 11.4 Å². The fourth-order valence-corrected chi connectivity index (χ4v) is 4.69. The van der Waals surface area contributed by atoms with Crippen LogP contribution in [0.2, 0.25) is 0 Å². The van der Waals surface area contributed by atoms with Gasteiger partial charge in [0.05, 0.1) is 26.7 Å². The van der Waals surface area contributed by atoms with E-state index in [-0.39, 0.29) is 11.8 Å². The Hall–Kier alpha value is -3.04. The lowest BCUT2D eigenvalue weighted by Gasteiger charge is -2.30. The third-order valence-electron chi connectivity index (χ3n) is 6.22. The molecule has 4 rings (SSSR count). The fourth-order valence-electron chi connectivity index (χ4n) is 4.28. The maximum atomic E-state index is 12.8. The number of hydrogen-bond acceptors (Lipinski definition) is 8. The topological polar surface area (TPSA) is 89.7 Å². The molecule has 1 atom stereocenters. The number of likely N-dealkylation sites (tertiary alicyclic amines) is 1. The van der Waals surface area contributed by atoms with Crippen LogP contribution in [-0.4, -0.2) is 61.1 Å². The molecule has 0 radical (unpaired) electrons. The van der Waals surface area contributed by atoms with Crippen molar-refractivity contribution in [3.05, 3.63) is 53.9 Å². The summed E-state index contributed by atoms with van der Waals surface area (Å²) in [5.41, 5.74) is 2.02. The van der Waals surface area contributed by atoms with Gasteiger partial charge in [0, 0.05) is 23.5 Å². The van der Waals surface area contributed by atoms with Crippen molar-refractivity contribution in [3.63, 3.8) is 0 Å². The smallest absolute Gasteiger partial charge is 0.241 e. The first-order valence-electron chi connectivity index (χ1n) is 11.8. The number of nitrogens with one attached hydrogen (secondary N) is 1. The van der Waals surface area contributed by atoms with Crippen molar-refractivity contribution in [1.29, 1.82) is 0 Å². The van der Waals surface area contributed by atoms with Crippen molar-refractivity contribution in [1.82, 2.24) is 20.4 Å². The van der Waals surface area contributed by atoms with E-state index < -0.39 is 0 Å². The number of carbonyl (C=O) groups is 1. The second-order valence-corrected chi connectivity index (χ2v) is 9.42. The fraction of sp³-hybridized carbons (Fsp3) is 0.423. The van der Waals surface area contributed by atoms with Gasteiger partial charge in [-0.1, -0.05) is 17.3 Å². The minimum Gasteiger partial charge on any atom is -0.493 e. The van der Waals surface area contributed by atoms with Gasteiger partial charge in [-0.3, -0.25) is 9.69 Å².